The van der Waals surface area contributed by atoms with Crippen molar-refractivity contribution in [1.82, 2.24) is 4.90 Å². The first-order valence-corrected chi connectivity index (χ1v) is 29.7. The predicted octanol–water partition coefficient (Wildman–Crippen LogP) is 17.2. The molecule has 0 aliphatic rings. The molecular weight excluding hydrogens is 1890 g/mol. The Labute approximate surface area is 587 Å². The van der Waals surface area contributed by atoms with Gasteiger partial charge >= 0.3 is 136 Å². The number of hydrogen-bond donors (Lipinski definition) is 0. The minimum absolute atomic E-state index is 0. The summed E-state index contributed by atoms with van der Waals surface area (Å²) in [6, 6.07) is 0.676. The summed E-state index contributed by atoms with van der Waals surface area (Å²) < 4.78 is 15.1. The summed E-state index contributed by atoms with van der Waals surface area (Å²) in [7, 11) is 4.19. The molecule has 0 aliphatic carbocycles. The Morgan fingerprint density at radius 1 is 0.494 bits per heavy atom. The van der Waals surface area contributed by atoms with Gasteiger partial charge in [-0.3, -0.25) is 39.5 Å². The molecule has 0 saturated carbocycles. The minimum atomic E-state index is -0.243. The van der Waals surface area contributed by atoms with Crippen molar-refractivity contribution in [3.8, 4) is 0 Å². The molecule has 79 heavy (non-hydrogen) atoms. The molecule has 1 atom stereocenters. The standard InChI is InChI=1S/C23H44O4.2C8H17.C7H16N.C7H7O3.C6H12O2.C3H7.C2H3O.4U/c1-4-7-9-11-13-15-17-26-22(24)19-21(6-3)20-23(25)27-18-16-14-12-10-8-5-2;2*1-3-5-7-8-6-4-2;1-5-7(6-2)8(3)4;8-4-1-7(2-5-9)3-6-10;1-6(2)3-4-8-5-7;1-3-2;1-2-3;;;;/h21H,4-20H2,1-3H3;2*1,3-8H2,2H3;7H,1,5-6H2,2-4H3;7H,1-3H2;5-6H,3-4H2,1-2H3;1,3H2,2H3;1H3;;;;/q;3*-1;-3;;2*-1;4*+2. The van der Waals surface area contributed by atoms with E-state index in [0.29, 0.717) is 51.1 Å². The summed E-state index contributed by atoms with van der Waals surface area (Å²) in [6.07, 6.45) is 42.4. The summed E-state index contributed by atoms with van der Waals surface area (Å²) in [4.78, 5) is 73.7. The summed E-state index contributed by atoms with van der Waals surface area (Å²) in [6.45, 7) is 37.5. The number of hydrogen-bond acceptors (Lipinski definition) is 11. The average molecular weight is 2020 g/mol. The molecule has 0 fully saturated rings. The number of nitrogens with zero attached hydrogens (tertiary/aromatic N) is 1. The van der Waals surface area contributed by atoms with E-state index in [0.717, 1.165) is 64.2 Å². The third-order valence-electron chi connectivity index (χ3n) is 11.2. The predicted molar refractivity (Wildman–Crippen MR) is 320 cm³/mol. The number of carbonyl (C=O) groups excluding carboxylic acids is 7. The molecule has 0 aromatic rings. The van der Waals surface area contributed by atoms with E-state index in [1.807, 2.05) is 13.8 Å². The molecule has 0 saturated heterocycles. The molecule has 0 spiro atoms. The molecular formula is C64H123NO10U4. The van der Waals surface area contributed by atoms with Crippen LogP contribution in [0.5, 0.6) is 0 Å². The largest absolute Gasteiger partial charge is 2.00 e. The smallest absolute Gasteiger partial charge is 0.542 e. The molecule has 15 heteroatoms. The maximum Gasteiger partial charge on any atom is 2.00 e. The van der Waals surface area contributed by atoms with Gasteiger partial charge in [0.2, 0.25) is 0 Å². The van der Waals surface area contributed by atoms with Crippen LogP contribution in [-0.2, 0) is 47.8 Å². The van der Waals surface area contributed by atoms with Gasteiger partial charge in [-0.25, -0.2) is 0 Å². The van der Waals surface area contributed by atoms with Gasteiger partial charge in [0.15, 0.2) is 0 Å². The van der Waals surface area contributed by atoms with E-state index < -0.39 is 0 Å². The van der Waals surface area contributed by atoms with Gasteiger partial charge in [-0.15, -0.1) is 5.92 Å². The summed E-state index contributed by atoms with van der Waals surface area (Å²) >= 11 is 0. The number of ether oxygens (including phenoxy) is 3. The third kappa shape index (κ3) is 126. The topological polar surface area (TPSA) is 150 Å². The second-order valence-corrected chi connectivity index (χ2v) is 19.3. The van der Waals surface area contributed by atoms with E-state index in [9.17, 15) is 28.8 Å². The van der Waals surface area contributed by atoms with Crippen molar-refractivity contribution in [1.29, 1.82) is 0 Å². The molecule has 0 amide bonds. The number of unbranched alkanes of at least 4 members (excludes halogenated alkanes) is 20. The van der Waals surface area contributed by atoms with Crippen molar-refractivity contribution >= 4 is 43.6 Å². The number of carbonyl (C=O) groups is 3. The van der Waals surface area contributed by atoms with E-state index >= 15 is 0 Å². The van der Waals surface area contributed by atoms with Gasteiger partial charge in [0, 0.05) is 12.8 Å². The van der Waals surface area contributed by atoms with Crippen LogP contribution >= 0.6 is 0 Å². The maximum atomic E-state index is 11.9. The molecule has 1 unspecified atom stereocenters. The molecule has 0 bridgehead atoms. The first-order chi connectivity index (χ1) is 36.1. The van der Waals surface area contributed by atoms with E-state index in [4.69, 9.17) is 14.3 Å². The van der Waals surface area contributed by atoms with Crippen LogP contribution in [0, 0.1) is 170 Å². The summed E-state index contributed by atoms with van der Waals surface area (Å²) in [5, 5.41) is 0. The fourth-order valence-electron chi connectivity index (χ4n) is 6.40. The molecule has 0 radical (unpaired) electrons. The van der Waals surface area contributed by atoms with Gasteiger partial charge in [0.1, 0.15) is 0 Å². The Hall–Kier alpha value is 1.26. The van der Waals surface area contributed by atoms with Crippen LogP contribution in [0.15, 0.2) is 0 Å². The Balaban J connectivity index is -0.0000000722. The van der Waals surface area contributed by atoms with Crippen LogP contribution in [-0.4, -0.2) is 88.4 Å². The van der Waals surface area contributed by atoms with Crippen molar-refractivity contribution in [2.45, 2.75) is 294 Å². The number of rotatable bonds is 42. The Morgan fingerprint density at radius 3 is 1.01 bits per heavy atom. The second-order valence-electron chi connectivity index (χ2n) is 19.3. The van der Waals surface area contributed by atoms with Crippen LogP contribution < -0.4 is 0 Å². The fraction of sp³-hybridized carbons (Fsp3) is 0.828. The monoisotopic (exact) mass is 2020 g/mol. The first-order valence-electron chi connectivity index (χ1n) is 29.7. The van der Waals surface area contributed by atoms with Crippen LogP contribution in [0.3, 0.4) is 0 Å². The normalized spacial score (nSPS) is 9.72. The Bertz CT molecular complexity index is 1010. The van der Waals surface area contributed by atoms with Crippen molar-refractivity contribution in [3.63, 3.8) is 0 Å². The van der Waals surface area contributed by atoms with E-state index in [1.54, 1.807) is 18.9 Å². The van der Waals surface area contributed by atoms with Gasteiger partial charge in [0.25, 0.3) is 6.47 Å². The zero-order valence-electron chi connectivity index (χ0n) is 53.4. The molecule has 11 nitrogen and oxygen atoms in total. The van der Waals surface area contributed by atoms with Crippen LogP contribution in [0.2, 0.25) is 0 Å². The summed E-state index contributed by atoms with van der Waals surface area (Å²) in [5.74, 6) is 0.0415. The maximum absolute atomic E-state index is 11.9. The molecule has 0 N–H and O–H groups in total. The van der Waals surface area contributed by atoms with Crippen molar-refractivity contribution in [3.05, 3.63) is 27.7 Å². The molecule has 0 aromatic carbocycles. The van der Waals surface area contributed by atoms with Crippen molar-refractivity contribution in [2.75, 3.05) is 33.9 Å². The van der Waals surface area contributed by atoms with Gasteiger partial charge in [-0.1, -0.05) is 197 Å². The first kappa shape index (κ1) is 108. The summed E-state index contributed by atoms with van der Waals surface area (Å²) in [5.41, 5.74) is 0. The zero-order valence-corrected chi connectivity index (χ0v) is 70.1. The molecule has 0 aromatic heterocycles. The van der Waals surface area contributed by atoms with Gasteiger partial charge in [0.05, 0.1) is 19.8 Å². The third-order valence-corrected chi connectivity index (χ3v) is 11.2. The van der Waals surface area contributed by atoms with Crippen molar-refractivity contribution < 1.29 is 172 Å². The zero-order chi connectivity index (χ0) is 58.9. The number of esters is 2. The Morgan fingerprint density at radius 2 is 0.797 bits per heavy atom. The van der Waals surface area contributed by atoms with Gasteiger partial charge in [-0.2, -0.15) is 51.9 Å². The van der Waals surface area contributed by atoms with Crippen LogP contribution in [0.1, 0.15) is 288 Å². The molecule has 0 heterocycles. The van der Waals surface area contributed by atoms with Crippen LogP contribution in [0.25, 0.3) is 0 Å². The quantitative estimate of drug-likeness (QED) is 0.0189. The van der Waals surface area contributed by atoms with E-state index in [2.05, 4.69) is 99.9 Å². The minimum Gasteiger partial charge on any atom is -0.542 e. The Kier molecular flexibility index (Phi) is 147. The molecule has 0 rings (SSSR count). The van der Waals surface area contributed by atoms with Crippen LogP contribution in [0.4, 0.5) is 0 Å². The van der Waals surface area contributed by atoms with Crippen molar-refractivity contribution in [2.24, 2.45) is 17.8 Å². The molecule has 460 valence electrons. The average Bonchev–Trinajstić information content (AvgIpc) is 3.38. The van der Waals surface area contributed by atoms with E-state index in [1.165, 1.54) is 135 Å². The molecule has 0 aliphatic heterocycles. The fourth-order valence-corrected chi connectivity index (χ4v) is 6.40. The van der Waals surface area contributed by atoms with Gasteiger partial charge in [-0.05, 0) is 57.7 Å². The second kappa shape index (κ2) is 107. The SMILES string of the molecule is CC(C)CCOC=O.CCCCCCCCOC(=O)CC(CC)CC(=O)OCCCCCCCC.C[C-]=O.O=[C-]CC(C[C-]=O)C[C-]=O.[CH2-]CC.[CH2-]CC(CC)N(C)C.[CH2-]CCCCCCC.[CH2-]CCCCCCC.[U+2].[U+2].[U+2].[U+2]. The van der Waals surface area contributed by atoms with E-state index in [-0.39, 0.29) is 167 Å². The van der Waals surface area contributed by atoms with Gasteiger partial charge < -0.3 is 66.0 Å².